The molecule has 2 saturated heterocycles. The van der Waals surface area contributed by atoms with E-state index >= 15 is 0 Å². The average Bonchev–Trinajstić information content (AvgIpc) is 3.25. The van der Waals surface area contributed by atoms with Gasteiger partial charge >= 0.3 is 5.97 Å². The lowest BCUT2D eigenvalue weighted by molar-refractivity contribution is -0.146. The van der Waals surface area contributed by atoms with Crippen molar-refractivity contribution in [2.45, 2.75) is 74.8 Å². The van der Waals surface area contributed by atoms with Crippen LogP contribution >= 0.6 is 23.5 Å². The van der Waals surface area contributed by atoms with Crippen LogP contribution in [0.3, 0.4) is 0 Å². The molecule has 2 aliphatic rings. The minimum Gasteiger partial charge on any atom is -0.467 e. The number of esters is 1. The summed E-state index contributed by atoms with van der Waals surface area (Å²) in [6.07, 6.45) is 2.86. The number of ether oxygens (including phenoxy) is 1. The van der Waals surface area contributed by atoms with Gasteiger partial charge in [-0.15, -0.1) is 23.5 Å². The van der Waals surface area contributed by atoms with Crippen molar-refractivity contribution in [3.8, 4) is 0 Å². The summed E-state index contributed by atoms with van der Waals surface area (Å²) in [6.45, 7) is 7.93. The van der Waals surface area contributed by atoms with Crippen molar-refractivity contribution >= 4 is 54.1 Å². The lowest BCUT2D eigenvalue weighted by atomic mass is 10.1. The zero-order valence-electron chi connectivity index (χ0n) is 19.8. The lowest BCUT2D eigenvalue weighted by Gasteiger charge is -2.31. The largest absolute Gasteiger partial charge is 0.467 e. The molecule has 2 N–H and O–H groups in total. The topological polar surface area (TPSA) is 125 Å². The van der Waals surface area contributed by atoms with Crippen LogP contribution in [-0.2, 0) is 28.7 Å². The van der Waals surface area contributed by atoms with Crippen LogP contribution in [0.1, 0.15) is 47.0 Å². The van der Waals surface area contributed by atoms with Gasteiger partial charge in [-0.2, -0.15) is 0 Å². The van der Waals surface area contributed by atoms with Crippen LogP contribution in [0.15, 0.2) is 0 Å². The van der Waals surface area contributed by atoms with Crippen LogP contribution in [-0.4, -0.2) is 93.4 Å². The Labute approximate surface area is 203 Å². The smallest absolute Gasteiger partial charge is 0.328 e. The highest BCUT2D eigenvalue weighted by atomic mass is 32.2. The molecule has 33 heavy (non-hydrogen) atoms. The number of nitrogens with zero attached hydrogens (tertiary/aromatic N) is 2. The van der Waals surface area contributed by atoms with E-state index in [4.69, 9.17) is 4.74 Å². The Morgan fingerprint density at radius 2 is 1.48 bits per heavy atom. The summed E-state index contributed by atoms with van der Waals surface area (Å²) in [5.41, 5.74) is 0. The minimum atomic E-state index is -0.835. The highest BCUT2D eigenvalue weighted by Crippen LogP contribution is 2.38. The van der Waals surface area contributed by atoms with Gasteiger partial charge in [-0.25, -0.2) is 4.79 Å². The first-order valence-corrected chi connectivity index (χ1v) is 12.9. The Balaban J connectivity index is 1.81. The average molecular weight is 503 g/mol. The fraction of sp³-hybridized carbons (Fsp3) is 0.762. The lowest BCUT2D eigenvalue weighted by Crippen LogP contribution is -2.53. The molecule has 0 aliphatic carbocycles. The Morgan fingerprint density at radius 3 is 1.97 bits per heavy atom. The number of nitrogens with one attached hydrogen (secondary N) is 2. The van der Waals surface area contributed by atoms with Gasteiger partial charge in [0.25, 0.3) is 0 Å². The van der Waals surface area contributed by atoms with Crippen molar-refractivity contribution in [1.29, 1.82) is 0 Å². The summed E-state index contributed by atoms with van der Waals surface area (Å²) in [5, 5.41) is 5.56. The SMILES string of the molecule is COC(=O)[C@@H](CCCCNC(=O)[C@@H]1CSC(C)(C)N1C=O)NC(=O)[C@@H]1CSC(C)(C)N1C=O. The highest BCUT2D eigenvalue weighted by Gasteiger charge is 2.44. The normalized spacial score (nSPS) is 24.2. The van der Waals surface area contributed by atoms with E-state index in [1.807, 2.05) is 27.7 Å². The molecule has 2 fully saturated rings. The minimum absolute atomic E-state index is 0.201. The van der Waals surface area contributed by atoms with E-state index in [1.165, 1.54) is 28.7 Å². The number of hydrogen-bond donors (Lipinski definition) is 2. The zero-order chi connectivity index (χ0) is 24.8. The van der Waals surface area contributed by atoms with Gasteiger partial charge in [-0.1, -0.05) is 0 Å². The van der Waals surface area contributed by atoms with Crippen molar-refractivity contribution < 1.29 is 28.7 Å². The quantitative estimate of drug-likeness (QED) is 0.238. The molecule has 0 aromatic heterocycles. The Morgan fingerprint density at radius 1 is 0.970 bits per heavy atom. The van der Waals surface area contributed by atoms with Crippen LogP contribution in [0, 0.1) is 0 Å². The fourth-order valence-corrected chi connectivity index (χ4v) is 6.29. The van der Waals surface area contributed by atoms with E-state index in [-0.39, 0.29) is 11.8 Å². The summed E-state index contributed by atoms with van der Waals surface area (Å²) >= 11 is 3.05. The number of unbranched alkanes of at least 4 members (excludes halogenated alkanes) is 1. The van der Waals surface area contributed by atoms with Crippen LogP contribution < -0.4 is 10.6 Å². The van der Waals surface area contributed by atoms with Crippen molar-refractivity contribution in [2.75, 3.05) is 25.2 Å². The number of carbonyl (C=O) groups excluding carboxylic acids is 5. The molecule has 12 heteroatoms. The number of carbonyl (C=O) groups is 5. The number of amides is 4. The van der Waals surface area contributed by atoms with Crippen LogP contribution in [0.2, 0.25) is 0 Å². The first kappa shape index (κ1) is 27.3. The monoisotopic (exact) mass is 502 g/mol. The molecule has 3 atom stereocenters. The summed E-state index contributed by atoms with van der Waals surface area (Å²) < 4.78 is 4.82. The molecule has 2 rings (SSSR count). The van der Waals surface area contributed by atoms with E-state index in [2.05, 4.69) is 10.6 Å². The molecule has 0 aromatic rings. The molecule has 4 amide bonds. The molecule has 10 nitrogen and oxygen atoms in total. The molecule has 0 radical (unpaired) electrons. The molecule has 186 valence electrons. The molecule has 0 unspecified atom stereocenters. The second kappa shape index (κ2) is 11.5. The Hall–Kier alpha value is -1.95. The summed E-state index contributed by atoms with van der Waals surface area (Å²) in [4.78, 5) is 62.3. The van der Waals surface area contributed by atoms with Gasteiger partial charge in [0.05, 0.1) is 16.9 Å². The van der Waals surface area contributed by atoms with Gasteiger partial charge < -0.3 is 25.2 Å². The maximum absolute atomic E-state index is 12.7. The number of thioether (sulfide) groups is 2. The molecule has 0 saturated carbocycles. The third-order valence-corrected chi connectivity index (χ3v) is 8.76. The molecule has 0 aromatic carbocycles. The van der Waals surface area contributed by atoms with Gasteiger partial charge in [0.1, 0.15) is 18.1 Å². The zero-order valence-corrected chi connectivity index (χ0v) is 21.4. The second-order valence-corrected chi connectivity index (χ2v) is 12.2. The maximum atomic E-state index is 12.7. The van der Waals surface area contributed by atoms with Gasteiger partial charge in [-0.3, -0.25) is 19.2 Å². The highest BCUT2D eigenvalue weighted by molar-refractivity contribution is 8.01. The van der Waals surface area contributed by atoms with Crippen LogP contribution in [0.4, 0.5) is 0 Å². The number of hydrogen-bond acceptors (Lipinski definition) is 8. The van der Waals surface area contributed by atoms with Crippen LogP contribution in [0.5, 0.6) is 0 Å². The number of methoxy groups -OCH3 is 1. The maximum Gasteiger partial charge on any atom is 0.328 e. The molecule has 2 aliphatic heterocycles. The standard InChI is InChI=1S/C21H34N4O6S2/c1-20(2)24(12-26)15(10-32-20)17(28)22-9-7-6-8-14(19(30)31-5)23-18(29)16-11-33-21(3,4)25(16)13-27/h12-16H,6-11H2,1-5H3,(H,22,28)(H,23,29)/t14-,15+,16+/m1/s1. The van der Waals surface area contributed by atoms with Crippen molar-refractivity contribution in [3.05, 3.63) is 0 Å². The van der Waals surface area contributed by atoms with Crippen LogP contribution in [0.25, 0.3) is 0 Å². The Bertz CT molecular complexity index is 763. The third-order valence-electron chi connectivity index (χ3n) is 5.96. The van der Waals surface area contributed by atoms with Crippen molar-refractivity contribution in [1.82, 2.24) is 20.4 Å². The van der Waals surface area contributed by atoms with E-state index in [0.29, 0.717) is 50.1 Å². The summed E-state index contributed by atoms with van der Waals surface area (Å²) in [5.74, 6) is -0.151. The van der Waals surface area contributed by atoms with Gasteiger partial charge in [0, 0.05) is 18.1 Å². The third kappa shape index (κ3) is 6.56. The summed E-state index contributed by atoms with van der Waals surface area (Å²) in [6, 6.07) is -1.99. The summed E-state index contributed by atoms with van der Waals surface area (Å²) in [7, 11) is 1.26. The van der Waals surface area contributed by atoms with E-state index in [1.54, 1.807) is 11.8 Å². The predicted molar refractivity (Wildman–Crippen MR) is 127 cm³/mol. The molecule has 0 spiro atoms. The second-order valence-electron chi connectivity index (χ2n) is 8.94. The molecule has 2 heterocycles. The first-order chi connectivity index (χ1) is 15.5. The fourth-order valence-electron chi connectivity index (χ4n) is 3.89. The van der Waals surface area contributed by atoms with Crippen molar-refractivity contribution in [2.24, 2.45) is 0 Å². The van der Waals surface area contributed by atoms with Gasteiger partial charge in [-0.05, 0) is 47.0 Å². The molecular formula is C21H34N4O6S2. The van der Waals surface area contributed by atoms with E-state index < -0.39 is 33.8 Å². The van der Waals surface area contributed by atoms with Gasteiger partial charge in [0.15, 0.2) is 0 Å². The Kier molecular flexibility index (Phi) is 9.48. The van der Waals surface area contributed by atoms with E-state index in [9.17, 15) is 24.0 Å². The van der Waals surface area contributed by atoms with E-state index in [0.717, 1.165) is 0 Å². The molecular weight excluding hydrogens is 468 g/mol. The van der Waals surface area contributed by atoms with Crippen molar-refractivity contribution in [3.63, 3.8) is 0 Å². The molecule has 0 bridgehead atoms. The number of rotatable bonds is 11. The van der Waals surface area contributed by atoms with Gasteiger partial charge in [0.2, 0.25) is 24.6 Å². The first-order valence-electron chi connectivity index (χ1n) is 10.9. The predicted octanol–water partition coefficient (Wildman–Crippen LogP) is 0.551.